The van der Waals surface area contributed by atoms with E-state index in [1.165, 1.54) is 19.0 Å². The number of ether oxygens (including phenoxy) is 1. The molecule has 1 aliphatic carbocycles. The molecule has 0 heterocycles. The average Bonchev–Trinajstić information content (AvgIpc) is 3.41. The number of hydrogen-bond donors (Lipinski definition) is 1. The van der Waals surface area contributed by atoms with Crippen LogP contribution < -0.4 is 14.4 Å². The highest BCUT2D eigenvalue weighted by Crippen LogP contribution is 2.26. The first-order chi connectivity index (χ1) is 18.5. The van der Waals surface area contributed by atoms with Crippen LogP contribution in [0.1, 0.15) is 55.7 Å². The number of hydrogen-bond acceptors (Lipinski definition) is 5. The number of benzene rings is 2. The van der Waals surface area contributed by atoms with Gasteiger partial charge in [0.2, 0.25) is 11.8 Å². The maximum absolute atomic E-state index is 14.1. The summed E-state index contributed by atoms with van der Waals surface area (Å²) in [5, 5.41) is 3.13. The largest absolute Gasteiger partial charge is 0.497 e. The zero-order chi connectivity index (χ0) is 28.7. The lowest BCUT2D eigenvalue weighted by atomic mass is 10.1. The maximum atomic E-state index is 14.1. The second-order valence-electron chi connectivity index (χ2n) is 10.4. The lowest BCUT2D eigenvalue weighted by Crippen LogP contribution is -2.54. The molecule has 0 aliphatic heterocycles. The number of anilines is 1. The van der Waals surface area contributed by atoms with Gasteiger partial charge in [0, 0.05) is 26.7 Å². The minimum absolute atomic E-state index is 0.102. The monoisotopic (exact) mass is 558 g/mol. The van der Waals surface area contributed by atoms with Crippen molar-refractivity contribution in [3.63, 3.8) is 0 Å². The Balaban J connectivity index is 2.00. The van der Waals surface area contributed by atoms with Crippen molar-refractivity contribution in [3.8, 4) is 5.75 Å². The van der Waals surface area contributed by atoms with Gasteiger partial charge in [0.15, 0.2) is 0 Å². The van der Waals surface area contributed by atoms with Crippen molar-refractivity contribution in [3.05, 3.63) is 59.2 Å². The van der Waals surface area contributed by atoms with E-state index in [-0.39, 0.29) is 18.5 Å². The molecule has 1 saturated carbocycles. The third-order valence-electron chi connectivity index (χ3n) is 7.25. The van der Waals surface area contributed by atoms with Crippen LogP contribution in [-0.2, 0) is 26.3 Å². The zero-order valence-electron chi connectivity index (χ0n) is 23.9. The lowest BCUT2D eigenvalue weighted by molar-refractivity contribution is -0.140. The summed E-state index contributed by atoms with van der Waals surface area (Å²) in [6.45, 7) is 5.28. The Morgan fingerprint density at radius 3 is 2.26 bits per heavy atom. The predicted molar refractivity (Wildman–Crippen MR) is 154 cm³/mol. The van der Waals surface area contributed by atoms with Crippen molar-refractivity contribution >= 4 is 27.7 Å². The van der Waals surface area contributed by atoms with E-state index in [2.05, 4.69) is 5.32 Å². The van der Waals surface area contributed by atoms with Gasteiger partial charge in [-0.1, -0.05) is 44.0 Å². The van der Waals surface area contributed by atoms with E-state index in [1.54, 1.807) is 25.3 Å². The fraction of sp³-hybridized carbons (Fsp3) is 0.517. The van der Waals surface area contributed by atoms with Gasteiger partial charge in [0.25, 0.3) is 0 Å². The molecule has 0 radical (unpaired) electrons. The second kappa shape index (κ2) is 13.3. The Kier molecular flexibility index (Phi) is 10.4. The molecule has 10 heteroatoms. The molecule has 0 bridgehead atoms. The highest BCUT2D eigenvalue weighted by atomic mass is 32.2. The first-order valence-corrected chi connectivity index (χ1v) is 14.9. The molecule has 2 aromatic rings. The van der Waals surface area contributed by atoms with E-state index in [0.29, 0.717) is 17.9 Å². The first kappa shape index (κ1) is 30.4. The average molecular weight is 559 g/mol. The predicted octanol–water partition coefficient (Wildman–Crippen LogP) is 3.79. The van der Waals surface area contributed by atoms with Crippen LogP contribution in [0, 0.1) is 13.8 Å². The van der Waals surface area contributed by atoms with Gasteiger partial charge in [-0.15, -0.1) is 0 Å². The van der Waals surface area contributed by atoms with Crippen molar-refractivity contribution in [2.24, 2.45) is 0 Å². The summed E-state index contributed by atoms with van der Waals surface area (Å²) in [5.74, 6) is 0.0198. The maximum Gasteiger partial charge on any atom is 0.304 e. The van der Waals surface area contributed by atoms with Crippen LogP contribution in [0.3, 0.4) is 0 Å². The lowest BCUT2D eigenvalue weighted by Gasteiger charge is -2.34. The topological polar surface area (TPSA) is 99.3 Å². The van der Waals surface area contributed by atoms with E-state index < -0.39 is 28.7 Å². The van der Waals surface area contributed by atoms with Gasteiger partial charge in [-0.25, -0.2) is 4.31 Å². The molecule has 214 valence electrons. The Hall–Kier alpha value is -3.11. The standard InChI is InChI=1S/C29H42N4O5S/c1-7-26(29(35)30-24-10-8-9-11-24)32(19-23-14-16-25(38-6)17-15-23)28(34)20-33(39(36,37)31(4)5)27-18-21(2)12-13-22(27)3/h12-18,24,26H,7-11,19-20H2,1-6H3,(H,30,35)/t26-/m1/s1. The van der Waals surface area contributed by atoms with E-state index >= 15 is 0 Å². The highest BCUT2D eigenvalue weighted by Gasteiger charge is 2.35. The number of carbonyl (C=O) groups excluding carboxylic acids is 2. The number of carbonyl (C=O) groups is 2. The smallest absolute Gasteiger partial charge is 0.304 e. The summed E-state index contributed by atoms with van der Waals surface area (Å²) in [7, 11) is 0.454. The molecule has 1 fully saturated rings. The molecule has 0 unspecified atom stereocenters. The van der Waals surface area contributed by atoms with Gasteiger partial charge in [-0.05, 0) is 68.0 Å². The Bertz CT molecular complexity index is 1240. The van der Waals surface area contributed by atoms with Crippen LogP contribution in [0.25, 0.3) is 0 Å². The van der Waals surface area contributed by atoms with E-state index in [4.69, 9.17) is 4.74 Å². The van der Waals surface area contributed by atoms with Crippen LogP contribution in [0.4, 0.5) is 5.69 Å². The number of amides is 2. The van der Waals surface area contributed by atoms with Gasteiger partial charge in [-0.3, -0.25) is 9.59 Å². The van der Waals surface area contributed by atoms with Crippen LogP contribution in [-0.4, -0.2) is 69.3 Å². The van der Waals surface area contributed by atoms with Crippen molar-refractivity contribution < 1.29 is 22.7 Å². The minimum Gasteiger partial charge on any atom is -0.497 e. The summed E-state index contributed by atoms with van der Waals surface area (Å²) in [6, 6.07) is 12.2. The SMILES string of the molecule is CC[C@H](C(=O)NC1CCCC1)N(Cc1ccc(OC)cc1)C(=O)CN(c1cc(C)ccc1C)S(=O)(=O)N(C)C. The van der Waals surface area contributed by atoms with Crippen molar-refractivity contribution in [1.82, 2.24) is 14.5 Å². The summed E-state index contributed by atoms with van der Waals surface area (Å²) in [4.78, 5) is 29.0. The molecule has 1 aliphatic rings. The molecule has 39 heavy (non-hydrogen) atoms. The summed E-state index contributed by atoms with van der Waals surface area (Å²) >= 11 is 0. The van der Waals surface area contributed by atoms with Crippen molar-refractivity contribution in [2.45, 2.75) is 71.5 Å². The minimum atomic E-state index is -4.01. The number of methoxy groups -OCH3 is 1. The fourth-order valence-corrected chi connectivity index (χ4v) is 6.02. The zero-order valence-corrected chi connectivity index (χ0v) is 24.8. The Labute approximate surface area is 233 Å². The first-order valence-electron chi connectivity index (χ1n) is 13.5. The summed E-state index contributed by atoms with van der Waals surface area (Å²) in [5.41, 5.74) is 2.85. The molecule has 0 saturated heterocycles. The molecule has 3 rings (SSSR count). The molecular weight excluding hydrogens is 516 g/mol. The van der Waals surface area contributed by atoms with Gasteiger partial charge >= 0.3 is 10.2 Å². The third-order valence-corrected chi connectivity index (χ3v) is 9.06. The van der Waals surface area contributed by atoms with E-state index in [0.717, 1.165) is 51.0 Å². The number of rotatable bonds is 12. The summed E-state index contributed by atoms with van der Waals surface area (Å²) in [6.07, 6.45) is 4.39. The molecule has 0 spiro atoms. The van der Waals surface area contributed by atoms with Crippen molar-refractivity contribution in [1.29, 1.82) is 0 Å². The molecular formula is C29H42N4O5S. The molecule has 1 N–H and O–H groups in total. The van der Waals surface area contributed by atoms with Crippen LogP contribution >= 0.6 is 0 Å². The highest BCUT2D eigenvalue weighted by molar-refractivity contribution is 7.90. The van der Waals surface area contributed by atoms with Crippen LogP contribution in [0.5, 0.6) is 5.75 Å². The van der Waals surface area contributed by atoms with Crippen molar-refractivity contribution in [2.75, 3.05) is 32.1 Å². The molecule has 1 atom stereocenters. The molecule has 0 aromatic heterocycles. The van der Waals surface area contributed by atoms with Crippen LogP contribution in [0.2, 0.25) is 0 Å². The van der Waals surface area contributed by atoms with E-state index in [9.17, 15) is 18.0 Å². The van der Waals surface area contributed by atoms with Crippen LogP contribution in [0.15, 0.2) is 42.5 Å². The Morgan fingerprint density at radius 1 is 1.05 bits per heavy atom. The normalized spacial score (nSPS) is 14.7. The van der Waals surface area contributed by atoms with Gasteiger partial charge in [0.05, 0.1) is 12.8 Å². The van der Waals surface area contributed by atoms with Gasteiger partial charge < -0.3 is 15.0 Å². The fourth-order valence-electron chi connectivity index (χ4n) is 4.90. The third kappa shape index (κ3) is 7.51. The van der Waals surface area contributed by atoms with E-state index in [1.807, 2.05) is 45.0 Å². The molecule has 2 aromatic carbocycles. The number of nitrogens with zero attached hydrogens (tertiary/aromatic N) is 3. The van der Waals surface area contributed by atoms with Gasteiger partial charge in [-0.2, -0.15) is 12.7 Å². The summed E-state index contributed by atoms with van der Waals surface area (Å²) < 4.78 is 34.4. The molecule has 9 nitrogen and oxygen atoms in total. The van der Waals surface area contributed by atoms with Gasteiger partial charge in [0.1, 0.15) is 18.3 Å². The number of nitrogens with one attached hydrogen (secondary N) is 1. The number of aryl methyl sites for hydroxylation is 2. The quantitative estimate of drug-likeness (QED) is 0.427. The Morgan fingerprint density at radius 2 is 1.69 bits per heavy atom. The molecule has 2 amide bonds. The second-order valence-corrected chi connectivity index (χ2v) is 12.4.